The number of carbonyl (C=O) groups is 1. The molecule has 0 spiro atoms. The molecule has 0 bridgehead atoms. The first kappa shape index (κ1) is 17.3. The summed E-state index contributed by atoms with van der Waals surface area (Å²) < 4.78 is 20.9. The number of alkyl halides is 1. The zero-order valence-electron chi connectivity index (χ0n) is 13.9. The normalized spacial score (nSPS) is 25.0. The molecule has 3 heterocycles. The number of nitrogens with zero attached hydrogens (tertiary/aromatic N) is 4. The molecule has 1 aliphatic heterocycles. The zero-order chi connectivity index (χ0) is 19.0. The molecular weight excluding hydrogens is 357 g/mol. The fourth-order valence-corrected chi connectivity index (χ4v) is 3.01. The van der Waals surface area contributed by atoms with Gasteiger partial charge in [0, 0.05) is 6.54 Å². The number of anilines is 1. The van der Waals surface area contributed by atoms with E-state index in [2.05, 4.69) is 20.3 Å². The minimum atomic E-state index is -1.93. The number of aliphatic hydroxyl groups is 1. The van der Waals surface area contributed by atoms with Crippen LogP contribution >= 0.6 is 0 Å². The van der Waals surface area contributed by atoms with Crippen LogP contribution in [0.25, 0.3) is 11.2 Å². The number of ether oxygens (including phenoxy) is 1. The molecule has 9 nitrogen and oxygen atoms in total. The zero-order valence-corrected chi connectivity index (χ0v) is 13.9. The van der Waals surface area contributed by atoms with Crippen molar-refractivity contribution in [3.05, 3.63) is 48.5 Å². The van der Waals surface area contributed by atoms with E-state index >= 15 is 0 Å². The van der Waals surface area contributed by atoms with Crippen LogP contribution < -0.4 is 5.32 Å². The van der Waals surface area contributed by atoms with Crippen LogP contribution in [0.3, 0.4) is 0 Å². The lowest BCUT2D eigenvalue weighted by atomic mass is 10.1. The number of hydrogen-bond acceptors (Lipinski definition) is 7. The largest absolute Gasteiger partial charge is 0.479 e. The SMILES string of the molecule is O=C(O)[C@H]1O[C@@H](n2cnc3c(NCc4ccccc4)ncnc32)[C@@H](F)[C@@H]1O. The number of imidazole rings is 1. The Balaban J connectivity index is 1.62. The average molecular weight is 373 g/mol. The second kappa shape index (κ2) is 6.89. The van der Waals surface area contributed by atoms with Gasteiger partial charge in [0.1, 0.15) is 12.4 Å². The number of fused-ring (bicyclic) bond motifs is 1. The summed E-state index contributed by atoms with van der Waals surface area (Å²) in [5, 5.41) is 22.0. The summed E-state index contributed by atoms with van der Waals surface area (Å²) in [4.78, 5) is 23.6. The number of aliphatic hydroxyl groups excluding tert-OH is 1. The van der Waals surface area contributed by atoms with Gasteiger partial charge in [-0.3, -0.25) is 4.57 Å². The van der Waals surface area contributed by atoms with Crippen molar-refractivity contribution in [3.63, 3.8) is 0 Å². The minimum Gasteiger partial charge on any atom is -0.479 e. The minimum absolute atomic E-state index is 0.270. The first-order valence-corrected chi connectivity index (χ1v) is 8.22. The smallest absolute Gasteiger partial charge is 0.335 e. The summed E-state index contributed by atoms with van der Waals surface area (Å²) in [6.07, 6.45) is -4.12. The lowest BCUT2D eigenvalue weighted by molar-refractivity contribution is -0.155. The molecule has 1 aromatic carbocycles. The molecule has 1 aliphatic rings. The number of nitrogens with one attached hydrogen (secondary N) is 1. The molecule has 0 radical (unpaired) electrons. The summed E-state index contributed by atoms with van der Waals surface area (Å²) in [7, 11) is 0. The van der Waals surface area contributed by atoms with Crippen LogP contribution in [0, 0.1) is 0 Å². The third-order valence-electron chi connectivity index (χ3n) is 4.37. The monoisotopic (exact) mass is 373 g/mol. The maximum absolute atomic E-state index is 14.4. The number of hydrogen-bond donors (Lipinski definition) is 3. The van der Waals surface area contributed by atoms with E-state index in [1.54, 1.807) is 0 Å². The fourth-order valence-electron chi connectivity index (χ4n) is 3.01. The van der Waals surface area contributed by atoms with Crippen LogP contribution in [0.5, 0.6) is 0 Å². The highest BCUT2D eigenvalue weighted by Crippen LogP contribution is 2.34. The molecule has 0 unspecified atom stereocenters. The topological polar surface area (TPSA) is 122 Å². The van der Waals surface area contributed by atoms with E-state index < -0.39 is 30.6 Å². The molecule has 10 heteroatoms. The van der Waals surface area contributed by atoms with Crippen LogP contribution in [0.1, 0.15) is 11.8 Å². The van der Waals surface area contributed by atoms with Crippen LogP contribution in [-0.2, 0) is 16.1 Å². The Bertz CT molecular complexity index is 966. The van der Waals surface area contributed by atoms with Gasteiger partial charge in [-0.1, -0.05) is 30.3 Å². The van der Waals surface area contributed by atoms with Crippen molar-refractivity contribution < 1.29 is 24.1 Å². The van der Waals surface area contributed by atoms with E-state index in [1.165, 1.54) is 17.2 Å². The third kappa shape index (κ3) is 3.09. The molecule has 0 aliphatic carbocycles. The van der Waals surface area contributed by atoms with E-state index in [0.29, 0.717) is 17.9 Å². The number of benzene rings is 1. The molecular formula is C17H16FN5O4. The number of rotatable bonds is 5. The number of aliphatic carboxylic acids is 1. The van der Waals surface area contributed by atoms with Crippen LogP contribution in [-0.4, -0.2) is 54.1 Å². The van der Waals surface area contributed by atoms with E-state index in [-0.39, 0.29) is 5.65 Å². The first-order chi connectivity index (χ1) is 13.1. The molecule has 4 atom stereocenters. The van der Waals surface area contributed by atoms with Gasteiger partial charge in [0.15, 0.2) is 35.5 Å². The van der Waals surface area contributed by atoms with Crippen molar-refractivity contribution in [1.82, 2.24) is 19.5 Å². The van der Waals surface area contributed by atoms with Crippen LogP contribution in [0.2, 0.25) is 0 Å². The summed E-state index contributed by atoms with van der Waals surface area (Å²) in [5.41, 5.74) is 1.70. The highest BCUT2D eigenvalue weighted by atomic mass is 19.1. The van der Waals surface area contributed by atoms with E-state index in [4.69, 9.17) is 9.84 Å². The van der Waals surface area contributed by atoms with Crippen molar-refractivity contribution in [1.29, 1.82) is 0 Å². The van der Waals surface area contributed by atoms with Gasteiger partial charge in [0.25, 0.3) is 0 Å². The second-order valence-corrected chi connectivity index (χ2v) is 6.11. The van der Waals surface area contributed by atoms with Gasteiger partial charge in [0.2, 0.25) is 0 Å². The highest BCUT2D eigenvalue weighted by Gasteiger charge is 2.49. The molecule has 140 valence electrons. The fraction of sp³-hybridized carbons (Fsp3) is 0.294. The van der Waals surface area contributed by atoms with Gasteiger partial charge in [-0.15, -0.1) is 0 Å². The quantitative estimate of drug-likeness (QED) is 0.608. The number of carboxylic acid groups (broad SMARTS) is 1. The Morgan fingerprint density at radius 3 is 2.74 bits per heavy atom. The van der Waals surface area contributed by atoms with Gasteiger partial charge in [-0.25, -0.2) is 24.1 Å². The lowest BCUT2D eigenvalue weighted by Gasteiger charge is -2.14. The molecule has 27 heavy (non-hydrogen) atoms. The van der Waals surface area contributed by atoms with E-state index in [9.17, 15) is 14.3 Å². The van der Waals surface area contributed by atoms with Gasteiger partial charge >= 0.3 is 5.97 Å². The van der Waals surface area contributed by atoms with Crippen molar-refractivity contribution in [2.45, 2.75) is 31.2 Å². The summed E-state index contributed by atoms with van der Waals surface area (Å²) in [6.45, 7) is 0.505. The predicted octanol–water partition coefficient (Wildman–Crippen LogP) is 1.12. The standard InChI is InChI=1S/C17H16FN5O4/c18-10-12(24)13(17(25)26)27-16(10)23-8-22-11-14(20-7-21-15(11)23)19-6-9-4-2-1-3-5-9/h1-5,7-8,10,12-13,16,24H,6H2,(H,25,26)(H,19,20,21)/t10-,12-,13-,16+/m0/s1. The summed E-state index contributed by atoms with van der Waals surface area (Å²) >= 11 is 0. The molecule has 1 fully saturated rings. The summed E-state index contributed by atoms with van der Waals surface area (Å²) in [6, 6.07) is 9.67. The average Bonchev–Trinajstić information content (AvgIpc) is 3.23. The Morgan fingerprint density at radius 1 is 1.26 bits per heavy atom. The number of aromatic nitrogens is 4. The molecule has 0 amide bonds. The Hall–Kier alpha value is -3.11. The molecule has 3 aromatic rings. The number of halogens is 1. The molecule has 0 saturated carbocycles. The third-order valence-corrected chi connectivity index (χ3v) is 4.37. The van der Waals surface area contributed by atoms with E-state index in [0.717, 1.165) is 5.56 Å². The predicted molar refractivity (Wildman–Crippen MR) is 91.5 cm³/mol. The van der Waals surface area contributed by atoms with Crippen molar-refractivity contribution in [2.24, 2.45) is 0 Å². The second-order valence-electron chi connectivity index (χ2n) is 6.11. The first-order valence-electron chi connectivity index (χ1n) is 8.22. The van der Waals surface area contributed by atoms with Crippen LogP contribution in [0.4, 0.5) is 10.2 Å². The van der Waals surface area contributed by atoms with Crippen molar-refractivity contribution >= 4 is 23.0 Å². The molecule has 3 N–H and O–H groups in total. The van der Waals surface area contributed by atoms with Crippen molar-refractivity contribution in [2.75, 3.05) is 5.32 Å². The maximum Gasteiger partial charge on any atom is 0.335 e. The Kier molecular flexibility index (Phi) is 4.42. The lowest BCUT2D eigenvalue weighted by Crippen LogP contribution is -2.34. The van der Waals surface area contributed by atoms with Gasteiger partial charge < -0.3 is 20.3 Å². The van der Waals surface area contributed by atoms with Crippen molar-refractivity contribution in [3.8, 4) is 0 Å². The Morgan fingerprint density at radius 2 is 2.04 bits per heavy atom. The molecule has 1 saturated heterocycles. The van der Waals surface area contributed by atoms with E-state index in [1.807, 2.05) is 30.3 Å². The van der Waals surface area contributed by atoms with Gasteiger partial charge in [0.05, 0.1) is 6.33 Å². The van der Waals surface area contributed by atoms with Crippen LogP contribution in [0.15, 0.2) is 43.0 Å². The Labute approximate surface area is 152 Å². The number of carboxylic acids is 1. The van der Waals surface area contributed by atoms with Gasteiger partial charge in [-0.2, -0.15) is 0 Å². The molecule has 2 aromatic heterocycles. The maximum atomic E-state index is 14.4. The van der Waals surface area contributed by atoms with Gasteiger partial charge in [-0.05, 0) is 5.56 Å². The summed E-state index contributed by atoms with van der Waals surface area (Å²) in [5.74, 6) is -0.983. The highest BCUT2D eigenvalue weighted by molar-refractivity contribution is 5.82. The molecule has 4 rings (SSSR count).